The third-order valence-electron chi connectivity index (χ3n) is 2.28. The summed E-state index contributed by atoms with van der Waals surface area (Å²) in [6, 6.07) is -0.575. The van der Waals surface area contributed by atoms with E-state index in [9.17, 15) is 18.0 Å². The van der Waals surface area contributed by atoms with Crippen molar-refractivity contribution in [2.24, 2.45) is 0 Å². The third kappa shape index (κ3) is 7.81. The lowest BCUT2D eigenvalue weighted by Crippen LogP contribution is -2.45. The average molecular weight is 321 g/mol. The van der Waals surface area contributed by atoms with Gasteiger partial charge in [0, 0.05) is 12.2 Å². The molecule has 0 aliphatic rings. The zero-order valence-electron chi connectivity index (χ0n) is 13.0. The van der Waals surface area contributed by atoms with Gasteiger partial charge in [0.2, 0.25) is 10.0 Å². The molecular weight excluding hydrogens is 298 g/mol. The molecule has 0 radical (unpaired) electrons. The lowest BCUT2D eigenvalue weighted by molar-refractivity contribution is -0.140. The minimum atomic E-state index is -3.51. The van der Waals surface area contributed by atoms with Crippen LogP contribution in [0.3, 0.4) is 0 Å². The van der Waals surface area contributed by atoms with Gasteiger partial charge in [0.15, 0.2) is 0 Å². The second kappa shape index (κ2) is 8.14. The van der Waals surface area contributed by atoms with Crippen LogP contribution in [0.1, 0.15) is 34.6 Å². The predicted octanol–water partition coefficient (Wildman–Crippen LogP) is 0.755. The fraction of sp³-hybridized carbons (Fsp3) is 0.692. The maximum Gasteiger partial charge on any atom is 0.331 e. The fourth-order valence-corrected chi connectivity index (χ4v) is 2.01. The van der Waals surface area contributed by atoms with Crippen LogP contribution in [-0.2, 0) is 29.1 Å². The van der Waals surface area contributed by atoms with E-state index in [0.717, 1.165) is 12.2 Å². The summed E-state index contributed by atoms with van der Waals surface area (Å²) in [6.07, 6.45) is 1.89. The lowest BCUT2D eigenvalue weighted by atomic mass is 10.3. The van der Waals surface area contributed by atoms with Crippen LogP contribution < -0.4 is 4.72 Å². The number of nitrogens with one attached hydrogen (secondary N) is 1. The first-order chi connectivity index (χ1) is 9.49. The van der Waals surface area contributed by atoms with E-state index in [0.29, 0.717) is 0 Å². The molecule has 0 amide bonds. The molecule has 0 fully saturated rings. The first-order valence-electron chi connectivity index (χ1n) is 6.53. The van der Waals surface area contributed by atoms with Gasteiger partial charge < -0.3 is 9.47 Å². The third-order valence-corrected chi connectivity index (χ3v) is 4.61. The highest BCUT2D eigenvalue weighted by atomic mass is 32.2. The van der Waals surface area contributed by atoms with Crippen molar-refractivity contribution >= 4 is 22.0 Å². The van der Waals surface area contributed by atoms with Gasteiger partial charge in [-0.3, -0.25) is 0 Å². The number of carbonyl (C=O) groups excluding carboxylic acids is 2. The summed E-state index contributed by atoms with van der Waals surface area (Å²) in [4.78, 5) is 22.3. The summed E-state index contributed by atoms with van der Waals surface area (Å²) in [6.45, 7) is 7.99. The molecule has 0 heterocycles. The molecule has 0 aliphatic carbocycles. The number of esters is 2. The highest BCUT2D eigenvalue weighted by Crippen LogP contribution is 2.13. The van der Waals surface area contributed by atoms with Crippen LogP contribution in [-0.4, -0.2) is 44.4 Å². The molecule has 0 aliphatic heterocycles. The van der Waals surface area contributed by atoms with Crippen LogP contribution >= 0.6 is 0 Å². The van der Waals surface area contributed by atoms with Crippen molar-refractivity contribution in [1.82, 2.24) is 4.72 Å². The van der Waals surface area contributed by atoms with E-state index in [1.54, 1.807) is 34.6 Å². The first-order valence-corrected chi connectivity index (χ1v) is 8.01. The van der Waals surface area contributed by atoms with Crippen molar-refractivity contribution in [1.29, 1.82) is 0 Å². The predicted molar refractivity (Wildman–Crippen MR) is 78.0 cm³/mol. The molecule has 0 bridgehead atoms. The van der Waals surface area contributed by atoms with Crippen molar-refractivity contribution < 1.29 is 27.5 Å². The number of rotatable bonds is 7. The van der Waals surface area contributed by atoms with Crippen molar-refractivity contribution in [2.45, 2.75) is 45.4 Å². The van der Waals surface area contributed by atoms with Gasteiger partial charge in [-0.2, -0.15) is 0 Å². The molecule has 8 heteroatoms. The smallest absolute Gasteiger partial charge is 0.331 e. The van der Waals surface area contributed by atoms with Gasteiger partial charge >= 0.3 is 11.9 Å². The molecular formula is C13H23NO6S. The Morgan fingerprint density at radius 1 is 1.14 bits per heavy atom. The summed E-state index contributed by atoms with van der Waals surface area (Å²) in [5.41, 5.74) is 0. The Bertz CT molecular complexity index is 489. The molecule has 0 spiro atoms. The summed E-state index contributed by atoms with van der Waals surface area (Å²) < 4.78 is 34.6. The van der Waals surface area contributed by atoms with E-state index in [2.05, 4.69) is 9.46 Å². The Kier molecular flexibility index (Phi) is 7.59. The number of ether oxygens (including phenoxy) is 2. The molecule has 7 nitrogen and oxygen atoms in total. The van der Waals surface area contributed by atoms with Gasteiger partial charge in [0.05, 0.1) is 17.4 Å². The standard InChI is InChI=1S/C13H23NO6S/c1-6-19-11(15)7-8-12(16)20-9-10(2)14-21(17,18)13(3,4)5/h7-8,10,14H,6,9H2,1-5H3/b8-7+. The molecule has 1 atom stereocenters. The van der Waals surface area contributed by atoms with Crippen molar-refractivity contribution in [2.75, 3.05) is 13.2 Å². The van der Waals surface area contributed by atoms with Gasteiger partial charge in [-0.25, -0.2) is 22.7 Å². The molecule has 0 aromatic carbocycles. The average Bonchev–Trinajstić information content (AvgIpc) is 2.32. The summed E-state index contributed by atoms with van der Waals surface area (Å²) >= 11 is 0. The van der Waals surface area contributed by atoms with Gasteiger partial charge in [0.1, 0.15) is 6.61 Å². The van der Waals surface area contributed by atoms with E-state index in [1.807, 2.05) is 0 Å². The van der Waals surface area contributed by atoms with E-state index in [-0.39, 0.29) is 13.2 Å². The lowest BCUT2D eigenvalue weighted by Gasteiger charge is -2.22. The topological polar surface area (TPSA) is 98.8 Å². The second-order valence-electron chi connectivity index (χ2n) is 5.35. The number of hydrogen-bond donors (Lipinski definition) is 1. The minimum absolute atomic E-state index is 0.138. The molecule has 1 unspecified atom stereocenters. The second-order valence-corrected chi connectivity index (χ2v) is 7.82. The zero-order chi connectivity index (χ0) is 16.7. The number of carbonyl (C=O) groups is 2. The first kappa shape index (κ1) is 19.6. The highest BCUT2D eigenvalue weighted by Gasteiger charge is 2.30. The number of sulfonamides is 1. The van der Waals surface area contributed by atoms with Gasteiger partial charge in [-0.1, -0.05) is 0 Å². The molecule has 122 valence electrons. The Hall–Kier alpha value is -1.41. The number of hydrogen-bond acceptors (Lipinski definition) is 6. The van der Waals surface area contributed by atoms with Gasteiger partial charge in [-0.05, 0) is 34.6 Å². The van der Waals surface area contributed by atoms with Gasteiger partial charge in [-0.15, -0.1) is 0 Å². The maximum absolute atomic E-state index is 11.9. The van der Waals surface area contributed by atoms with E-state index < -0.39 is 32.8 Å². The van der Waals surface area contributed by atoms with E-state index in [1.165, 1.54) is 0 Å². The molecule has 0 saturated heterocycles. The van der Waals surface area contributed by atoms with Crippen LogP contribution in [0, 0.1) is 0 Å². The molecule has 0 saturated carbocycles. The zero-order valence-corrected chi connectivity index (χ0v) is 13.8. The van der Waals surface area contributed by atoms with Crippen LogP contribution in [0.2, 0.25) is 0 Å². The normalized spacial score (nSPS) is 14.0. The molecule has 0 aromatic rings. The summed E-state index contributed by atoms with van der Waals surface area (Å²) in [7, 11) is -3.51. The molecule has 0 rings (SSSR count). The Labute approximate surface area is 125 Å². The van der Waals surface area contributed by atoms with E-state index in [4.69, 9.17) is 4.74 Å². The maximum atomic E-state index is 11.9. The minimum Gasteiger partial charge on any atom is -0.463 e. The molecule has 1 N–H and O–H groups in total. The fourth-order valence-electron chi connectivity index (χ4n) is 1.06. The van der Waals surface area contributed by atoms with Crippen molar-refractivity contribution in [3.63, 3.8) is 0 Å². The summed E-state index contributed by atoms with van der Waals surface area (Å²) in [5.74, 6) is -1.39. The molecule has 0 aromatic heterocycles. The Morgan fingerprint density at radius 2 is 1.62 bits per heavy atom. The highest BCUT2D eigenvalue weighted by molar-refractivity contribution is 7.90. The van der Waals surface area contributed by atoms with Gasteiger partial charge in [0.25, 0.3) is 0 Å². The van der Waals surface area contributed by atoms with Crippen LogP contribution in [0.15, 0.2) is 12.2 Å². The molecule has 21 heavy (non-hydrogen) atoms. The van der Waals surface area contributed by atoms with E-state index >= 15 is 0 Å². The van der Waals surface area contributed by atoms with Crippen LogP contribution in [0.5, 0.6) is 0 Å². The Morgan fingerprint density at radius 3 is 2.05 bits per heavy atom. The quantitative estimate of drug-likeness (QED) is 0.549. The summed E-state index contributed by atoms with van der Waals surface area (Å²) in [5, 5.41) is 0. The Balaban J connectivity index is 4.29. The van der Waals surface area contributed by atoms with Crippen molar-refractivity contribution in [3.05, 3.63) is 12.2 Å². The largest absolute Gasteiger partial charge is 0.463 e. The van der Waals surface area contributed by atoms with Crippen LogP contribution in [0.25, 0.3) is 0 Å². The monoisotopic (exact) mass is 321 g/mol. The van der Waals surface area contributed by atoms with Crippen molar-refractivity contribution in [3.8, 4) is 0 Å². The SMILES string of the molecule is CCOC(=O)/C=C/C(=O)OCC(C)NS(=O)(=O)C(C)(C)C. The van der Waals surface area contributed by atoms with Crippen LogP contribution in [0.4, 0.5) is 0 Å².